The largest absolute Gasteiger partial charge is 0.475 e. The van der Waals surface area contributed by atoms with E-state index in [1.54, 1.807) is 31.4 Å². The van der Waals surface area contributed by atoms with E-state index >= 15 is 0 Å². The van der Waals surface area contributed by atoms with Gasteiger partial charge in [-0.15, -0.1) is 11.3 Å². The summed E-state index contributed by atoms with van der Waals surface area (Å²) in [5.74, 6) is 0.469. The van der Waals surface area contributed by atoms with Crippen molar-refractivity contribution in [1.82, 2.24) is 4.98 Å². The Morgan fingerprint density at radius 1 is 1.36 bits per heavy atom. The molecule has 1 aliphatic rings. The average Bonchev–Trinajstić information content (AvgIpc) is 3.14. The zero-order chi connectivity index (χ0) is 20.0. The Morgan fingerprint density at radius 3 is 2.82 bits per heavy atom. The van der Waals surface area contributed by atoms with Crippen LogP contribution in [-0.2, 0) is 11.2 Å². The molecule has 7 nitrogen and oxygen atoms in total. The number of morpholine rings is 1. The summed E-state index contributed by atoms with van der Waals surface area (Å²) in [6.45, 7) is 8.74. The van der Waals surface area contributed by atoms with E-state index in [2.05, 4.69) is 33.4 Å². The summed E-state index contributed by atoms with van der Waals surface area (Å²) < 4.78 is 11.2. The molecule has 0 aliphatic carbocycles. The Labute approximate surface area is 170 Å². The van der Waals surface area contributed by atoms with Crippen LogP contribution in [0, 0.1) is 0 Å². The lowest BCUT2D eigenvalue weighted by Gasteiger charge is -2.29. The van der Waals surface area contributed by atoms with Crippen molar-refractivity contribution in [2.45, 2.75) is 32.8 Å². The standard InChI is InChI=1S/C20H28N4O3S/c1-4-17-5-6-19(28-17)23-21-13-15-11-16(24-7-9-26-10-8-24)12-18(22-15)27-14-20(2,3)25/h5-6,11-13,23,25H,4,7-10,14H2,1-3H3. The summed E-state index contributed by atoms with van der Waals surface area (Å²) in [6.07, 6.45) is 2.70. The van der Waals surface area contributed by atoms with Gasteiger partial charge >= 0.3 is 0 Å². The molecule has 2 aromatic heterocycles. The molecule has 0 unspecified atom stereocenters. The second-order valence-electron chi connectivity index (χ2n) is 7.28. The van der Waals surface area contributed by atoms with Gasteiger partial charge in [0, 0.05) is 29.7 Å². The number of ether oxygens (including phenoxy) is 2. The maximum atomic E-state index is 9.94. The first kappa shape index (κ1) is 20.6. The molecule has 0 saturated carbocycles. The first-order valence-electron chi connectivity index (χ1n) is 9.51. The van der Waals surface area contributed by atoms with Gasteiger partial charge in [0.2, 0.25) is 5.88 Å². The second-order valence-corrected chi connectivity index (χ2v) is 8.45. The number of aromatic nitrogens is 1. The third kappa shape index (κ3) is 6.19. The topological polar surface area (TPSA) is 79.2 Å². The Kier molecular flexibility index (Phi) is 6.88. The third-order valence-electron chi connectivity index (χ3n) is 4.14. The van der Waals surface area contributed by atoms with Crippen LogP contribution in [-0.4, -0.2) is 54.8 Å². The van der Waals surface area contributed by atoms with Crippen molar-refractivity contribution < 1.29 is 14.6 Å². The number of aryl methyl sites for hydroxylation is 1. The van der Waals surface area contributed by atoms with Gasteiger partial charge in [-0.25, -0.2) is 4.98 Å². The third-order valence-corrected chi connectivity index (χ3v) is 5.27. The lowest BCUT2D eigenvalue weighted by molar-refractivity contribution is 0.0268. The summed E-state index contributed by atoms with van der Waals surface area (Å²) in [7, 11) is 0. The number of hydrogen-bond donors (Lipinski definition) is 2. The Hall–Kier alpha value is -2.16. The van der Waals surface area contributed by atoms with E-state index in [1.165, 1.54) is 4.88 Å². The van der Waals surface area contributed by atoms with Crippen molar-refractivity contribution in [3.05, 3.63) is 34.8 Å². The van der Waals surface area contributed by atoms with Crippen LogP contribution in [0.3, 0.4) is 0 Å². The maximum absolute atomic E-state index is 9.94. The number of pyridine rings is 1. The highest BCUT2D eigenvalue weighted by molar-refractivity contribution is 7.16. The Morgan fingerprint density at radius 2 is 2.14 bits per heavy atom. The minimum atomic E-state index is -0.928. The van der Waals surface area contributed by atoms with Crippen LogP contribution in [0.25, 0.3) is 0 Å². The minimum Gasteiger partial charge on any atom is -0.475 e. The molecular formula is C20H28N4O3S. The van der Waals surface area contributed by atoms with Gasteiger partial charge in [-0.1, -0.05) is 6.92 Å². The van der Waals surface area contributed by atoms with E-state index in [-0.39, 0.29) is 6.61 Å². The minimum absolute atomic E-state index is 0.163. The van der Waals surface area contributed by atoms with Crippen molar-refractivity contribution in [3.8, 4) is 5.88 Å². The Bertz CT molecular complexity index is 795. The quantitative estimate of drug-likeness (QED) is 0.520. The van der Waals surface area contributed by atoms with E-state index in [0.29, 0.717) is 24.8 Å². The number of aliphatic hydroxyl groups is 1. The number of thiophene rings is 1. The summed E-state index contributed by atoms with van der Waals surface area (Å²) in [5.41, 5.74) is 3.83. The predicted molar refractivity (Wildman–Crippen MR) is 114 cm³/mol. The summed E-state index contributed by atoms with van der Waals surface area (Å²) in [4.78, 5) is 8.05. The van der Waals surface area contributed by atoms with Crippen LogP contribution < -0.4 is 15.1 Å². The van der Waals surface area contributed by atoms with Gasteiger partial charge in [-0.3, -0.25) is 5.43 Å². The second kappa shape index (κ2) is 9.36. The molecule has 3 rings (SSSR count). The maximum Gasteiger partial charge on any atom is 0.216 e. The van der Waals surface area contributed by atoms with Gasteiger partial charge < -0.3 is 19.5 Å². The zero-order valence-corrected chi connectivity index (χ0v) is 17.5. The van der Waals surface area contributed by atoms with Gasteiger partial charge in [0.05, 0.1) is 30.7 Å². The molecule has 2 aromatic rings. The van der Waals surface area contributed by atoms with Gasteiger partial charge in [0.1, 0.15) is 11.6 Å². The summed E-state index contributed by atoms with van der Waals surface area (Å²) in [5, 5.41) is 15.3. The van der Waals surface area contributed by atoms with Crippen molar-refractivity contribution in [2.75, 3.05) is 43.2 Å². The SMILES string of the molecule is CCc1ccc(NN=Cc2cc(N3CCOCC3)cc(OCC(C)(C)O)n2)s1. The molecule has 28 heavy (non-hydrogen) atoms. The van der Waals surface area contributed by atoms with E-state index in [4.69, 9.17) is 9.47 Å². The first-order valence-corrected chi connectivity index (χ1v) is 10.3. The van der Waals surface area contributed by atoms with Crippen LogP contribution in [0.5, 0.6) is 5.88 Å². The molecule has 1 saturated heterocycles. The molecule has 1 aliphatic heterocycles. The molecule has 0 bridgehead atoms. The monoisotopic (exact) mass is 404 g/mol. The molecule has 0 atom stereocenters. The molecule has 0 amide bonds. The van der Waals surface area contributed by atoms with Crippen molar-refractivity contribution in [2.24, 2.45) is 5.10 Å². The fourth-order valence-corrected chi connectivity index (χ4v) is 3.49. The average molecular weight is 405 g/mol. The van der Waals surface area contributed by atoms with Crippen molar-refractivity contribution >= 4 is 28.2 Å². The summed E-state index contributed by atoms with van der Waals surface area (Å²) >= 11 is 1.69. The lowest BCUT2D eigenvalue weighted by Crippen LogP contribution is -2.36. The molecule has 8 heteroatoms. The molecule has 0 spiro atoms. The fraction of sp³-hybridized carbons (Fsp3) is 0.500. The van der Waals surface area contributed by atoms with Crippen LogP contribution in [0.15, 0.2) is 29.4 Å². The number of anilines is 2. The number of hydrogen-bond acceptors (Lipinski definition) is 8. The molecule has 1 fully saturated rings. The molecule has 3 heterocycles. The normalized spacial score (nSPS) is 15.2. The van der Waals surface area contributed by atoms with E-state index in [9.17, 15) is 5.11 Å². The van der Waals surface area contributed by atoms with E-state index in [1.807, 2.05) is 18.2 Å². The van der Waals surface area contributed by atoms with Crippen molar-refractivity contribution in [3.63, 3.8) is 0 Å². The van der Waals surface area contributed by atoms with Gasteiger partial charge in [-0.05, 0) is 38.5 Å². The fourth-order valence-electron chi connectivity index (χ4n) is 2.70. The Balaban J connectivity index is 1.76. The number of rotatable bonds is 8. The van der Waals surface area contributed by atoms with E-state index < -0.39 is 5.60 Å². The van der Waals surface area contributed by atoms with Gasteiger partial charge in [0.15, 0.2) is 0 Å². The van der Waals surface area contributed by atoms with Crippen LogP contribution in [0.4, 0.5) is 10.7 Å². The molecule has 2 N–H and O–H groups in total. The van der Waals surface area contributed by atoms with Gasteiger partial charge in [-0.2, -0.15) is 5.10 Å². The molecule has 0 radical (unpaired) electrons. The van der Waals surface area contributed by atoms with Crippen LogP contribution >= 0.6 is 11.3 Å². The number of hydrazone groups is 1. The zero-order valence-electron chi connectivity index (χ0n) is 16.6. The number of nitrogens with one attached hydrogen (secondary N) is 1. The highest BCUT2D eigenvalue weighted by Crippen LogP contribution is 2.24. The molecule has 152 valence electrons. The van der Waals surface area contributed by atoms with Crippen molar-refractivity contribution in [1.29, 1.82) is 0 Å². The summed E-state index contributed by atoms with van der Waals surface area (Å²) in [6, 6.07) is 8.01. The smallest absolute Gasteiger partial charge is 0.216 e. The molecular weight excluding hydrogens is 376 g/mol. The number of nitrogens with zero attached hydrogens (tertiary/aromatic N) is 3. The molecule has 0 aromatic carbocycles. The highest BCUT2D eigenvalue weighted by atomic mass is 32.1. The van der Waals surface area contributed by atoms with Crippen LogP contribution in [0.2, 0.25) is 0 Å². The highest BCUT2D eigenvalue weighted by Gasteiger charge is 2.17. The lowest BCUT2D eigenvalue weighted by atomic mass is 10.2. The first-order chi connectivity index (χ1) is 13.4. The van der Waals surface area contributed by atoms with Gasteiger partial charge in [0.25, 0.3) is 0 Å². The van der Waals surface area contributed by atoms with E-state index in [0.717, 1.165) is 30.2 Å². The van der Waals surface area contributed by atoms with Crippen LogP contribution in [0.1, 0.15) is 31.3 Å². The predicted octanol–water partition coefficient (Wildman–Crippen LogP) is 3.14.